The number of rotatable bonds is 5. The minimum Gasteiger partial charge on any atom is -0.393 e. The number of pyridine rings is 1. The number of nitrogens with one attached hydrogen (secondary N) is 1. The number of aromatic nitrogens is 3. The van der Waals surface area contributed by atoms with Crippen LogP contribution in [0.3, 0.4) is 0 Å². The SMILES string of the molecule is O=C(NC(Cc1ccccn1)C1CC(O)C1)c1cnccn1. The van der Waals surface area contributed by atoms with Gasteiger partial charge in [-0.2, -0.15) is 0 Å². The standard InChI is InChI=1S/C16H18N4O2/c21-13-7-11(8-13)14(9-12-3-1-2-4-18-12)20-16(22)15-10-17-5-6-19-15/h1-6,10-11,13-14,21H,7-9H2,(H,20,22). The molecule has 2 N–H and O–H groups in total. The van der Waals surface area contributed by atoms with Crippen LogP contribution in [0.5, 0.6) is 0 Å². The highest BCUT2D eigenvalue weighted by Gasteiger charge is 2.35. The summed E-state index contributed by atoms with van der Waals surface area (Å²) in [6.45, 7) is 0. The molecule has 1 unspecified atom stereocenters. The van der Waals surface area contributed by atoms with Crippen molar-refractivity contribution < 1.29 is 9.90 Å². The van der Waals surface area contributed by atoms with Gasteiger partial charge >= 0.3 is 0 Å². The van der Waals surface area contributed by atoms with E-state index in [2.05, 4.69) is 20.3 Å². The second-order valence-electron chi connectivity index (χ2n) is 5.58. The van der Waals surface area contributed by atoms with Crippen LogP contribution in [-0.4, -0.2) is 38.1 Å². The van der Waals surface area contributed by atoms with Crippen LogP contribution >= 0.6 is 0 Å². The number of hydrogen-bond acceptors (Lipinski definition) is 5. The van der Waals surface area contributed by atoms with Crippen LogP contribution in [0.4, 0.5) is 0 Å². The molecule has 0 spiro atoms. The zero-order valence-electron chi connectivity index (χ0n) is 12.1. The molecule has 6 heteroatoms. The Bertz CT molecular complexity index is 615. The van der Waals surface area contributed by atoms with E-state index in [1.165, 1.54) is 18.6 Å². The fraction of sp³-hybridized carbons (Fsp3) is 0.375. The van der Waals surface area contributed by atoms with E-state index in [1.54, 1.807) is 6.20 Å². The van der Waals surface area contributed by atoms with E-state index in [9.17, 15) is 9.90 Å². The number of carbonyl (C=O) groups is 1. The average Bonchev–Trinajstić information content (AvgIpc) is 2.53. The molecule has 0 aliphatic heterocycles. The summed E-state index contributed by atoms with van der Waals surface area (Å²) in [7, 11) is 0. The number of nitrogens with zero attached hydrogens (tertiary/aromatic N) is 3. The molecule has 1 fully saturated rings. The molecule has 1 saturated carbocycles. The second kappa shape index (κ2) is 6.62. The van der Waals surface area contributed by atoms with Gasteiger partial charge in [0.1, 0.15) is 5.69 Å². The van der Waals surface area contributed by atoms with Crippen molar-refractivity contribution in [1.82, 2.24) is 20.3 Å². The molecular weight excluding hydrogens is 280 g/mol. The van der Waals surface area contributed by atoms with Crippen LogP contribution in [0.1, 0.15) is 29.0 Å². The van der Waals surface area contributed by atoms with Gasteiger partial charge in [0.25, 0.3) is 5.91 Å². The van der Waals surface area contributed by atoms with Gasteiger partial charge in [-0.1, -0.05) is 6.07 Å². The molecule has 0 bridgehead atoms. The predicted molar refractivity (Wildman–Crippen MR) is 80.0 cm³/mol. The van der Waals surface area contributed by atoms with Crippen molar-refractivity contribution in [2.24, 2.45) is 5.92 Å². The van der Waals surface area contributed by atoms with Crippen LogP contribution in [0, 0.1) is 5.92 Å². The molecule has 1 amide bonds. The third kappa shape index (κ3) is 3.46. The lowest BCUT2D eigenvalue weighted by Gasteiger charge is -2.38. The molecule has 2 aromatic rings. The maximum Gasteiger partial charge on any atom is 0.271 e. The first-order valence-corrected chi connectivity index (χ1v) is 7.37. The molecule has 2 heterocycles. The van der Waals surface area contributed by atoms with Crippen LogP contribution in [0.25, 0.3) is 0 Å². The van der Waals surface area contributed by atoms with Crippen molar-refractivity contribution in [3.63, 3.8) is 0 Å². The number of carbonyl (C=O) groups excluding carboxylic acids is 1. The first-order chi connectivity index (χ1) is 10.7. The third-order valence-corrected chi connectivity index (χ3v) is 3.99. The van der Waals surface area contributed by atoms with E-state index in [1.807, 2.05) is 18.2 Å². The summed E-state index contributed by atoms with van der Waals surface area (Å²) >= 11 is 0. The zero-order chi connectivity index (χ0) is 15.4. The zero-order valence-corrected chi connectivity index (χ0v) is 12.1. The molecule has 0 aromatic carbocycles. The Morgan fingerprint density at radius 2 is 2.14 bits per heavy atom. The largest absolute Gasteiger partial charge is 0.393 e. The Hall–Kier alpha value is -2.34. The van der Waals surface area contributed by atoms with Crippen molar-refractivity contribution in [2.75, 3.05) is 0 Å². The number of hydrogen-bond donors (Lipinski definition) is 2. The molecule has 114 valence electrons. The van der Waals surface area contributed by atoms with Gasteiger partial charge in [0, 0.05) is 36.7 Å². The van der Waals surface area contributed by atoms with E-state index in [0.29, 0.717) is 25.0 Å². The van der Waals surface area contributed by atoms with Crippen molar-refractivity contribution >= 4 is 5.91 Å². The van der Waals surface area contributed by atoms with Gasteiger partial charge in [0.2, 0.25) is 0 Å². The summed E-state index contributed by atoms with van der Waals surface area (Å²) in [6, 6.07) is 5.67. The molecule has 0 saturated heterocycles. The van der Waals surface area contributed by atoms with Crippen LogP contribution in [0.15, 0.2) is 43.0 Å². The summed E-state index contributed by atoms with van der Waals surface area (Å²) in [5, 5.41) is 12.5. The summed E-state index contributed by atoms with van der Waals surface area (Å²) in [5.41, 5.74) is 1.22. The molecule has 1 aliphatic carbocycles. The lowest BCUT2D eigenvalue weighted by molar-refractivity contribution is 0.0237. The summed E-state index contributed by atoms with van der Waals surface area (Å²) in [6.07, 6.45) is 8.01. The highest BCUT2D eigenvalue weighted by molar-refractivity contribution is 5.92. The number of aliphatic hydroxyl groups is 1. The number of amides is 1. The first kappa shape index (κ1) is 14.6. The molecule has 22 heavy (non-hydrogen) atoms. The molecule has 0 radical (unpaired) electrons. The van der Waals surface area contributed by atoms with Gasteiger partial charge in [0.05, 0.1) is 12.3 Å². The summed E-state index contributed by atoms with van der Waals surface area (Å²) in [4.78, 5) is 24.5. The van der Waals surface area contributed by atoms with Gasteiger partial charge in [-0.25, -0.2) is 4.98 Å². The minimum atomic E-state index is -0.260. The molecular formula is C16H18N4O2. The Morgan fingerprint density at radius 3 is 2.77 bits per heavy atom. The van der Waals surface area contributed by atoms with Crippen LogP contribution in [0.2, 0.25) is 0 Å². The monoisotopic (exact) mass is 298 g/mol. The fourth-order valence-electron chi connectivity index (χ4n) is 2.70. The van der Waals surface area contributed by atoms with Crippen molar-refractivity contribution in [2.45, 2.75) is 31.4 Å². The minimum absolute atomic E-state index is 0.0622. The fourth-order valence-corrected chi connectivity index (χ4v) is 2.70. The first-order valence-electron chi connectivity index (χ1n) is 7.37. The quantitative estimate of drug-likeness (QED) is 0.859. The normalized spacial score (nSPS) is 21.7. The van der Waals surface area contributed by atoms with E-state index in [0.717, 1.165) is 5.69 Å². The van der Waals surface area contributed by atoms with E-state index >= 15 is 0 Å². The molecule has 2 aromatic heterocycles. The van der Waals surface area contributed by atoms with Crippen molar-refractivity contribution in [1.29, 1.82) is 0 Å². The predicted octanol–water partition coefficient (Wildman–Crippen LogP) is 0.984. The van der Waals surface area contributed by atoms with Gasteiger partial charge in [-0.05, 0) is 30.9 Å². The van der Waals surface area contributed by atoms with Gasteiger partial charge in [-0.15, -0.1) is 0 Å². The highest BCUT2D eigenvalue weighted by atomic mass is 16.3. The van der Waals surface area contributed by atoms with E-state index in [-0.39, 0.29) is 24.0 Å². The Labute approximate surface area is 128 Å². The topological polar surface area (TPSA) is 88.0 Å². The van der Waals surface area contributed by atoms with E-state index in [4.69, 9.17) is 0 Å². The van der Waals surface area contributed by atoms with Gasteiger partial charge in [0.15, 0.2) is 0 Å². The maximum atomic E-state index is 12.3. The lowest BCUT2D eigenvalue weighted by Crippen LogP contribution is -2.48. The Balaban J connectivity index is 1.70. The van der Waals surface area contributed by atoms with Crippen molar-refractivity contribution in [3.8, 4) is 0 Å². The molecule has 1 atom stereocenters. The van der Waals surface area contributed by atoms with Crippen LogP contribution in [-0.2, 0) is 6.42 Å². The molecule has 3 rings (SSSR count). The Morgan fingerprint density at radius 1 is 1.27 bits per heavy atom. The lowest BCUT2D eigenvalue weighted by atomic mass is 9.76. The smallest absolute Gasteiger partial charge is 0.271 e. The van der Waals surface area contributed by atoms with E-state index < -0.39 is 0 Å². The highest BCUT2D eigenvalue weighted by Crippen LogP contribution is 2.31. The molecule has 6 nitrogen and oxygen atoms in total. The van der Waals surface area contributed by atoms with Crippen LogP contribution < -0.4 is 5.32 Å². The Kier molecular flexibility index (Phi) is 4.39. The van der Waals surface area contributed by atoms with Gasteiger partial charge in [-0.3, -0.25) is 14.8 Å². The average molecular weight is 298 g/mol. The second-order valence-corrected chi connectivity index (χ2v) is 5.58. The van der Waals surface area contributed by atoms with Gasteiger partial charge < -0.3 is 10.4 Å². The number of aliphatic hydroxyl groups excluding tert-OH is 1. The summed E-state index contributed by atoms with van der Waals surface area (Å²) in [5.74, 6) is 0.0213. The maximum absolute atomic E-state index is 12.3. The summed E-state index contributed by atoms with van der Waals surface area (Å²) < 4.78 is 0. The van der Waals surface area contributed by atoms with Crippen molar-refractivity contribution in [3.05, 3.63) is 54.4 Å². The third-order valence-electron chi connectivity index (χ3n) is 3.99. The molecule has 1 aliphatic rings.